The third kappa shape index (κ3) is 2.62. The number of carbonyl (C=O) groups excluding carboxylic acids is 1. The van der Waals surface area contributed by atoms with Crippen molar-refractivity contribution in [1.82, 2.24) is 4.57 Å². The molecule has 4 aromatic rings. The number of carbonyl (C=O) groups is 1. The number of amides is 1. The second kappa shape index (κ2) is 6.31. The summed E-state index contributed by atoms with van der Waals surface area (Å²) in [5.41, 5.74) is 7.75. The van der Waals surface area contributed by atoms with Crippen LogP contribution in [0.15, 0.2) is 54.6 Å². The Morgan fingerprint density at radius 2 is 1.85 bits per heavy atom. The Morgan fingerprint density at radius 1 is 1.08 bits per heavy atom. The van der Waals surface area contributed by atoms with E-state index in [1.165, 1.54) is 6.07 Å². The molecule has 0 radical (unpaired) electrons. The molecule has 2 N–H and O–H groups in total. The van der Waals surface area contributed by atoms with Crippen LogP contribution in [0.2, 0.25) is 10.0 Å². The predicted octanol–water partition coefficient (Wildman–Crippen LogP) is 5.39. The molecule has 0 saturated carbocycles. The first-order valence-corrected chi connectivity index (χ1v) is 8.66. The largest absolute Gasteiger partial charge is 0.366 e. The van der Waals surface area contributed by atoms with Gasteiger partial charge in [0.25, 0.3) is 0 Å². The van der Waals surface area contributed by atoms with E-state index in [1.807, 2.05) is 6.07 Å². The minimum absolute atomic E-state index is 0.308. The number of hydrogen-bond acceptors (Lipinski definition) is 1. The molecular formula is C20H13Cl2FN2O. The van der Waals surface area contributed by atoms with Crippen LogP contribution in [0.5, 0.6) is 0 Å². The standard InChI is InChI=1S/C20H13Cl2FN2O/c21-12-7-8-15(22)11(9-12)10-25-17-6-2-4-14(20(24)26)18(17)13-3-1-5-16(23)19(13)25/h1-9H,10H2,(H2,24,26). The fourth-order valence-electron chi connectivity index (χ4n) is 3.36. The van der Waals surface area contributed by atoms with Crippen molar-refractivity contribution in [3.05, 3.63) is 81.6 Å². The van der Waals surface area contributed by atoms with Gasteiger partial charge in [-0.05, 0) is 42.0 Å². The summed E-state index contributed by atoms with van der Waals surface area (Å²) in [4.78, 5) is 11.9. The van der Waals surface area contributed by atoms with Crippen molar-refractivity contribution in [3.63, 3.8) is 0 Å². The van der Waals surface area contributed by atoms with E-state index in [1.54, 1.807) is 47.0 Å². The minimum Gasteiger partial charge on any atom is -0.366 e. The second-order valence-corrected chi connectivity index (χ2v) is 6.87. The Kier molecular flexibility index (Phi) is 4.10. The fraction of sp³-hybridized carbons (Fsp3) is 0.0500. The summed E-state index contributed by atoms with van der Waals surface area (Å²) in [5, 5.41) is 2.34. The van der Waals surface area contributed by atoms with Crippen LogP contribution in [-0.4, -0.2) is 10.5 Å². The monoisotopic (exact) mass is 386 g/mol. The van der Waals surface area contributed by atoms with E-state index in [0.717, 1.165) is 5.56 Å². The number of benzene rings is 3. The maximum atomic E-state index is 14.7. The highest BCUT2D eigenvalue weighted by Crippen LogP contribution is 2.34. The van der Waals surface area contributed by atoms with Gasteiger partial charge in [0.2, 0.25) is 5.91 Å². The summed E-state index contributed by atoms with van der Waals surface area (Å²) in [6, 6.07) is 15.2. The van der Waals surface area contributed by atoms with Gasteiger partial charge in [-0.2, -0.15) is 0 Å². The van der Waals surface area contributed by atoms with Gasteiger partial charge < -0.3 is 10.3 Å². The van der Waals surface area contributed by atoms with Crippen molar-refractivity contribution in [1.29, 1.82) is 0 Å². The summed E-state index contributed by atoms with van der Waals surface area (Å²) in [5.74, 6) is -0.938. The van der Waals surface area contributed by atoms with Crippen LogP contribution in [0.4, 0.5) is 4.39 Å². The number of primary amides is 1. The molecule has 0 saturated heterocycles. The maximum Gasteiger partial charge on any atom is 0.249 e. The molecule has 0 atom stereocenters. The molecular weight excluding hydrogens is 374 g/mol. The van der Waals surface area contributed by atoms with E-state index in [9.17, 15) is 9.18 Å². The van der Waals surface area contributed by atoms with Gasteiger partial charge in [-0.3, -0.25) is 4.79 Å². The lowest BCUT2D eigenvalue weighted by atomic mass is 10.1. The third-order valence-corrected chi connectivity index (χ3v) is 5.06. The van der Waals surface area contributed by atoms with Crippen molar-refractivity contribution in [3.8, 4) is 0 Å². The van der Waals surface area contributed by atoms with Crippen LogP contribution in [0.1, 0.15) is 15.9 Å². The van der Waals surface area contributed by atoms with Gasteiger partial charge in [-0.1, -0.05) is 41.4 Å². The van der Waals surface area contributed by atoms with Crippen molar-refractivity contribution in [2.45, 2.75) is 6.54 Å². The molecule has 0 aliphatic rings. The molecule has 1 heterocycles. The van der Waals surface area contributed by atoms with Crippen molar-refractivity contribution >= 4 is 50.9 Å². The highest BCUT2D eigenvalue weighted by atomic mass is 35.5. The third-order valence-electron chi connectivity index (χ3n) is 4.46. The van der Waals surface area contributed by atoms with Crippen LogP contribution in [0.3, 0.4) is 0 Å². The molecule has 1 amide bonds. The van der Waals surface area contributed by atoms with Crippen molar-refractivity contribution in [2.75, 3.05) is 0 Å². The average Bonchev–Trinajstić information content (AvgIpc) is 2.93. The normalized spacial score (nSPS) is 11.3. The van der Waals surface area contributed by atoms with Crippen LogP contribution in [-0.2, 0) is 6.54 Å². The molecule has 1 aromatic heterocycles. The van der Waals surface area contributed by atoms with Gasteiger partial charge in [0.15, 0.2) is 0 Å². The zero-order chi connectivity index (χ0) is 18.4. The van der Waals surface area contributed by atoms with E-state index >= 15 is 0 Å². The molecule has 3 nitrogen and oxygen atoms in total. The first kappa shape index (κ1) is 16.9. The van der Waals surface area contributed by atoms with Crippen molar-refractivity contribution < 1.29 is 9.18 Å². The van der Waals surface area contributed by atoms with Crippen LogP contribution in [0.25, 0.3) is 21.8 Å². The highest BCUT2D eigenvalue weighted by molar-refractivity contribution is 6.33. The molecule has 0 aliphatic heterocycles. The Labute approximate surface area is 158 Å². The van der Waals surface area contributed by atoms with Gasteiger partial charge in [-0.25, -0.2) is 4.39 Å². The lowest BCUT2D eigenvalue weighted by molar-refractivity contribution is 0.100. The number of hydrogen-bond donors (Lipinski definition) is 1. The fourth-order valence-corrected chi connectivity index (χ4v) is 3.74. The lowest BCUT2D eigenvalue weighted by Gasteiger charge is -2.10. The molecule has 130 valence electrons. The first-order chi connectivity index (χ1) is 12.5. The average molecular weight is 387 g/mol. The molecule has 0 spiro atoms. The van der Waals surface area contributed by atoms with Crippen LogP contribution >= 0.6 is 23.2 Å². The van der Waals surface area contributed by atoms with E-state index < -0.39 is 5.91 Å². The zero-order valence-electron chi connectivity index (χ0n) is 13.5. The smallest absolute Gasteiger partial charge is 0.249 e. The Balaban J connectivity index is 2.09. The lowest BCUT2D eigenvalue weighted by Crippen LogP contribution is -2.11. The van der Waals surface area contributed by atoms with E-state index in [4.69, 9.17) is 28.9 Å². The number of fused-ring (bicyclic) bond motifs is 3. The summed E-state index contributed by atoms with van der Waals surface area (Å²) in [6.07, 6.45) is 0. The van der Waals surface area contributed by atoms with Crippen LogP contribution in [0, 0.1) is 5.82 Å². The topological polar surface area (TPSA) is 48.0 Å². The van der Waals surface area contributed by atoms with Crippen LogP contribution < -0.4 is 5.73 Å². The second-order valence-electron chi connectivity index (χ2n) is 6.02. The number of nitrogens with two attached hydrogens (primary N) is 1. The summed E-state index contributed by atoms with van der Waals surface area (Å²) < 4.78 is 16.5. The summed E-state index contributed by atoms with van der Waals surface area (Å²) >= 11 is 12.4. The molecule has 6 heteroatoms. The molecule has 0 aliphatic carbocycles. The molecule has 3 aromatic carbocycles. The number of nitrogens with zero attached hydrogens (tertiary/aromatic N) is 1. The van der Waals surface area contributed by atoms with Gasteiger partial charge in [0.1, 0.15) is 5.82 Å². The number of aromatic nitrogens is 1. The first-order valence-electron chi connectivity index (χ1n) is 7.90. The molecule has 4 rings (SSSR count). The number of halogens is 3. The Hall–Kier alpha value is -2.56. The van der Waals surface area contributed by atoms with Gasteiger partial charge in [0, 0.05) is 32.9 Å². The van der Waals surface area contributed by atoms with Gasteiger partial charge in [-0.15, -0.1) is 0 Å². The Morgan fingerprint density at radius 3 is 2.62 bits per heavy atom. The summed E-state index contributed by atoms with van der Waals surface area (Å²) in [7, 11) is 0. The van der Waals surface area contributed by atoms with Crippen molar-refractivity contribution in [2.24, 2.45) is 5.73 Å². The molecule has 0 unspecified atom stereocenters. The molecule has 0 bridgehead atoms. The summed E-state index contributed by atoms with van der Waals surface area (Å²) in [6.45, 7) is 0.308. The van der Waals surface area contributed by atoms with E-state index in [-0.39, 0.29) is 5.82 Å². The van der Waals surface area contributed by atoms with E-state index in [2.05, 4.69) is 0 Å². The SMILES string of the molecule is NC(=O)c1cccc2c1c1cccc(F)c1n2Cc1cc(Cl)ccc1Cl. The van der Waals surface area contributed by atoms with Gasteiger partial charge in [0.05, 0.1) is 11.0 Å². The minimum atomic E-state index is -0.556. The zero-order valence-corrected chi connectivity index (χ0v) is 15.0. The van der Waals surface area contributed by atoms with Gasteiger partial charge >= 0.3 is 0 Å². The molecule has 26 heavy (non-hydrogen) atoms. The Bertz CT molecular complexity index is 1180. The molecule has 0 fully saturated rings. The van der Waals surface area contributed by atoms with E-state index in [0.29, 0.717) is 44.0 Å². The maximum absolute atomic E-state index is 14.7. The highest BCUT2D eigenvalue weighted by Gasteiger charge is 2.19. The quantitative estimate of drug-likeness (QED) is 0.504. The predicted molar refractivity (Wildman–Crippen MR) is 103 cm³/mol. The number of para-hydroxylation sites is 1. The number of rotatable bonds is 3.